The molecule has 17 heavy (non-hydrogen) atoms. The molecule has 0 spiro atoms. The van der Waals surface area contributed by atoms with E-state index in [1.54, 1.807) is 0 Å². The van der Waals surface area contributed by atoms with Crippen LogP contribution in [0.4, 0.5) is 11.6 Å². The minimum Gasteiger partial charge on any atom is -0.490 e. The first-order chi connectivity index (χ1) is 8.11. The largest absolute Gasteiger partial charge is 0.490 e. The van der Waals surface area contributed by atoms with Gasteiger partial charge in [0, 0.05) is 12.6 Å². The molecule has 6 heteroatoms. The Balaban J connectivity index is 3.09. The third-order valence-electron chi connectivity index (χ3n) is 2.38. The van der Waals surface area contributed by atoms with Gasteiger partial charge in [-0.2, -0.15) is 5.26 Å². The zero-order valence-corrected chi connectivity index (χ0v) is 10.3. The number of hydrogen-bond donors (Lipinski definition) is 1. The van der Waals surface area contributed by atoms with E-state index in [1.165, 1.54) is 13.4 Å². The van der Waals surface area contributed by atoms with Crippen LogP contribution in [0.5, 0.6) is 5.75 Å². The number of nitrogens with zero attached hydrogens (tertiary/aromatic N) is 4. The predicted octanol–water partition coefficient (Wildman–Crippen LogP) is 1.20. The number of nitrogen functional groups attached to an aromatic ring is 1. The highest BCUT2D eigenvalue weighted by atomic mass is 16.5. The van der Waals surface area contributed by atoms with Crippen molar-refractivity contribution >= 4 is 11.6 Å². The van der Waals surface area contributed by atoms with E-state index in [9.17, 15) is 0 Å². The molecule has 1 aromatic heterocycles. The highest BCUT2D eigenvalue weighted by Gasteiger charge is 2.18. The molecule has 2 N–H and O–H groups in total. The Hall–Kier alpha value is -2.03. The summed E-state index contributed by atoms with van der Waals surface area (Å²) in [6, 6.07) is 2.32. The van der Waals surface area contributed by atoms with Crippen LogP contribution in [0.1, 0.15) is 20.3 Å². The van der Waals surface area contributed by atoms with Crippen LogP contribution in [0.2, 0.25) is 0 Å². The van der Waals surface area contributed by atoms with E-state index in [0.717, 1.165) is 0 Å². The average Bonchev–Trinajstić information content (AvgIpc) is 2.29. The standard InChI is InChI=1S/C11H17N5O/c1-8(2)16(6-4-5-12)11-9(17-3)10(13)14-7-15-11/h7-8H,4,6H2,1-3H3,(H2,13,14,15). The minimum atomic E-state index is 0.201. The lowest BCUT2D eigenvalue weighted by molar-refractivity contribution is 0.411. The molecule has 0 aliphatic heterocycles. The van der Waals surface area contributed by atoms with Crippen molar-refractivity contribution in [3.63, 3.8) is 0 Å². The molecule has 0 radical (unpaired) electrons. The van der Waals surface area contributed by atoms with E-state index in [1.807, 2.05) is 18.7 Å². The maximum Gasteiger partial charge on any atom is 0.204 e. The Bertz CT molecular complexity index is 413. The topological polar surface area (TPSA) is 88.1 Å². The summed E-state index contributed by atoms with van der Waals surface area (Å²) in [7, 11) is 1.53. The van der Waals surface area contributed by atoms with Gasteiger partial charge in [-0.1, -0.05) is 0 Å². The van der Waals surface area contributed by atoms with Crippen molar-refractivity contribution in [3.05, 3.63) is 6.33 Å². The minimum absolute atomic E-state index is 0.201. The molecule has 0 saturated heterocycles. The number of hydrogen-bond acceptors (Lipinski definition) is 6. The summed E-state index contributed by atoms with van der Waals surface area (Å²) in [5, 5.41) is 8.66. The van der Waals surface area contributed by atoms with Gasteiger partial charge in [-0.25, -0.2) is 9.97 Å². The van der Waals surface area contributed by atoms with Crippen LogP contribution in [0.15, 0.2) is 6.33 Å². The van der Waals surface area contributed by atoms with Gasteiger partial charge in [0.15, 0.2) is 11.6 Å². The van der Waals surface area contributed by atoms with E-state index in [-0.39, 0.29) is 6.04 Å². The van der Waals surface area contributed by atoms with Crippen molar-refractivity contribution in [2.45, 2.75) is 26.3 Å². The fourth-order valence-electron chi connectivity index (χ4n) is 1.56. The van der Waals surface area contributed by atoms with Gasteiger partial charge in [0.2, 0.25) is 5.75 Å². The van der Waals surface area contributed by atoms with Crippen molar-refractivity contribution in [3.8, 4) is 11.8 Å². The van der Waals surface area contributed by atoms with E-state index < -0.39 is 0 Å². The molecule has 0 aliphatic rings. The van der Waals surface area contributed by atoms with Gasteiger partial charge in [0.1, 0.15) is 6.33 Å². The number of methoxy groups -OCH3 is 1. The smallest absolute Gasteiger partial charge is 0.204 e. The molecule has 1 heterocycles. The summed E-state index contributed by atoms with van der Waals surface area (Å²) < 4.78 is 5.21. The van der Waals surface area contributed by atoms with Crippen LogP contribution < -0.4 is 15.4 Å². The van der Waals surface area contributed by atoms with Gasteiger partial charge in [0.25, 0.3) is 0 Å². The first-order valence-corrected chi connectivity index (χ1v) is 5.39. The molecular weight excluding hydrogens is 218 g/mol. The lowest BCUT2D eigenvalue weighted by Crippen LogP contribution is -2.33. The molecule has 0 aromatic carbocycles. The van der Waals surface area contributed by atoms with E-state index in [4.69, 9.17) is 15.7 Å². The Labute approximate surface area is 101 Å². The van der Waals surface area contributed by atoms with Crippen molar-refractivity contribution in [1.82, 2.24) is 9.97 Å². The van der Waals surface area contributed by atoms with Crippen LogP contribution in [0, 0.1) is 11.3 Å². The highest BCUT2D eigenvalue weighted by Crippen LogP contribution is 2.30. The lowest BCUT2D eigenvalue weighted by atomic mass is 10.2. The van der Waals surface area contributed by atoms with Crippen molar-refractivity contribution in [2.24, 2.45) is 0 Å². The molecular formula is C11H17N5O. The molecule has 0 amide bonds. The van der Waals surface area contributed by atoms with Crippen LogP contribution in [-0.4, -0.2) is 29.7 Å². The highest BCUT2D eigenvalue weighted by molar-refractivity contribution is 5.63. The van der Waals surface area contributed by atoms with Crippen molar-refractivity contribution in [1.29, 1.82) is 5.26 Å². The van der Waals surface area contributed by atoms with Gasteiger partial charge >= 0.3 is 0 Å². The Kier molecular flexibility index (Phi) is 4.52. The zero-order chi connectivity index (χ0) is 12.8. The number of nitrogens with two attached hydrogens (primary N) is 1. The van der Waals surface area contributed by atoms with Gasteiger partial charge in [-0.3, -0.25) is 0 Å². The summed E-state index contributed by atoms with van der Waals surface area (Å²) in [5.41, 5.74) is 5.73. The second-order valence-electron chi connectivity index (χ2n) is 3.81. The normalized spacial score (nSPS) is 10.1. The SMILES string of the molecule is COc1c(N)ncnc1N(CCC#N)C(C)C. The summed E-state index contributed by atoms with van der Waals surface area (Å²) in [5.74, 6) is 1.39. The summed E-state index contributed by atoms with van der Waals surface area (Å²) in [4.78, 5) is 10.0. The molecule has 6 nitrogen and oxygen atoms in total. The van der Waals surface area contributed by atoms with E-state index in [2.05, 4.69) is 16.0 Å². The Morgan fingerprint density at radius 2 is 2.24 bits per heavy atom. The second kappa shape index (κ2) is 5.89. The fraction of sp³-hybridized carbons (Fsp3) is 0.545. The number of ether oxygens (including phenoxy) is 1. The number of anilines is 2. The summed E-state index contributed by atoms with van der Waals surface area (Å²) in [6.45, 7) is 4.63. The summed E-state index contributed by atoms with van der Waals surface area (Å²) >= 11 is 0. The first kappa shape index (κ1) is 13.0. The predicted molar refractivity (Wildman–Crippen MR) is 65.7 cm³/mol. The average molecular weight is 235 g/mol. The van der Waals surface area contributed by atoms with Crippen molar-refractivity contribution < 1.29 is 4.74 Å². The van der Waals surface area contributed by atoms with Crippen LogP contribution in [0.3, 0.4) is 0 Å². The zero-order valence-electron chi connectivity index (χ0n) is 10.3. The lowest BCUT2D eigenvalue weighted by Gasteiger charge is -2.28. The van der Waals surface area contributed by atoms with Gasteiger partial charge in [0.05, 0.1) is 19.6 Å². The quantitative estimate of drug-likeness (QED) is 0.824. The molecule has 0 unspecified atom stereocenters. The first-order valence-electron chi connectivity index (χ1n) is 5.39. The second-order valence-corrected chi connectivity index (χ2v) is 3.81. The number of rotatable bonds is 5. The molecule has 0 saturated carbocycles. The number of aromatic nitrogens is 2. The maximum absolute atomic E-state index is 8.66. The van der Waals surface area contributed by atoms with Crippen LogP contribution >= 0.6 is 0 Å². The van der Waals surface area contributed by atoms with Gasteiger partial charge in [-0.05, 0) is 13.8 Å². The van der Waals surface area contributed by atoms with E-state index in [0.29, 0.717) is 30.4 Å². The van der Waals surface area contributed by atoms with Crippen LogP contribution in [-0.2, 0) is 0 Å². The van der Waals surface area contributed by atoms with Crippen molar-refractivity contribution in [2.75, 3.05) is 24.3 Å². The van der Waals surface area contributed by atoms with E-state index >= 15 is 0 Å². The molecule has 0 atom stereocenters. The monoisotopic (exact) mass is 235 g/mol. The fourth-order valence-corrected chi connectivity index (χ4v) is 1.56. The Morgan fingerprint density at radius 3 is 2.76 bits per heavy atom. The third-order valence-corrected chi connectivity index (χ3v) is 2.38. The Morgan fingerprint density at radius 1 is 1.53 bits per heavy atom. The summed E-state index contributed by atoms with van der Waals surface area (Å²) in [6.07, 6.45) is 1.82. The molecule has 92 valence electrons. The van der Waals surface area contributed by atoms with Gasteiger partial charge in [-0.15, -0.1) is 0 Å². The number of nitriles is 1. The molecule has 0 bridgehead atoms. The van der Waals surface area contributed by atoms with Crippen LogP contribution in [0.25, 0.3) is 0 Å². The maximum atomic E-state index is 8.66. The molecule has 0 aliphatic carbocycles. The molecule has 1 aromatic rings. The molecule has 1 rings (SSSR count). The molecule has 0 fully saturated rings. The third kappa shape index (κ3) is 2.97. The van der Waals surface area contributed by atoms with Gasteiger partial charge < -0.3 is 15.4 Å².